The van der Waals surface area contributed by atoms with Crippen LogP contribution in [0.4, 0.5) is 0 Å². The van der Waals surface area contributed by atoms with E-state index in [2.05, 4.69) is 22.9 Å². The first-order chi connectivity index (χ1) is 8.29. The van der Waals surface area contributed by atoms with Crippen LogP contribution in [0.5, 0.6) is 0 Å². The van der Waals surface area contributed by atoms with Crippen molar-refractivity contribution in [1.29, 1.82) is 0 Å². The summed E-state index contributed by atoms with van der Waals surface area (Å²) in [7, 11) is 0. The third kappa shape index (κ3) is 2.07. The molecule has 0 saturated heterocycles. The molecule has 1 aliphatic rings. The first-order valence-corrected chi connectivity index (χ1v) is 6.66. The minimum absolute atomic E-state index is 0.713. The number of nitrogens with two attached hydrogens (primary N) is 1. The highest BCUT2D eigenvalue weighted by molar-refractivity contribution is 6.31. The fraction of sp³-hybridized carbons (Fsp3) is 0.429. The Balaban J connectivity index is 2.09. The summed E-state index contributed by atoms with van der Waals surface area (Å²) < 4.78 is 2.41. The average Bonchev–Trinajstić information content (AvgIpc) is 3.10. The average molecular weight is 249 g/mol. The summed E-state index contributed by atoms with van der Waals surface area (Å²) in [6.07, 6.45) is 7.00. The number of hydrogen-bond donors (Lipinski definition) is 1. The van der Waals surface area contributed by atoms with Crippen molar-refractivity contribution in [2.45, 2.75) is 31.7 Å². The molecule has 2 aromatic rings. The smallest absolute Gasteiger partial charge is 0.0486 e. The van der Waals surface area contributed by atoms with Crippen molar-refractivity contribution in [3.8, 4) is 0 Å². The van der Waals surface area contributed by atoms with E-state index in [1.165, 1.54) is 29.3 Å². The summed E-state index contributed by atoms with van der Waals surface area (Å²) in [6.45, 7) is 0.747. The van der Waals surface area contributed by atoms with E-state index in [4.69, 9.17) is 17.3 Å². The molecule has 1 heterocycles. The van der Waals surface area contributed by atoms with Crippen LogP contribution in [0.25, 0.3) is 10.9 Å². The predicted molar refractivity (Wildman–Crippen MR) is 72.6 cm³/mol. The SMILES string of the molecule is NCCCc1cn(C2CC2)c2ccc(Cl)cc12. The highest BCUT2D eigenvalue weighted by Gasteiger charge is 2.25. The molecule has 0 bridgehead atoms. The second-order valence-corrected chi connectivity index (χ2v) is 5.28. The fourth-order valence-corrected chi connectivity index (χ4v) is 2.62. The molecule has 2 N–H and O–H groups in total. The topological polar surface area (TPSA) is 30.9 Å². The molecule has 0 radical (unpaired) electrons. The maximum atomic E-state index is 6.10. The van der Waals surface area contributed by atoms with Crippen molar-refractivity contribution in [3.05, 3.63) is 35.0 Å². The molecule has 3 heteroatoms. The van der Waals surface area contributed by atoms with E-state index in [-0.39, 0.29) is 0 Å². The molecule has 1 saturated carbocycles. The number of halogens is 1. The van der Waals surface area contributed by atoms with Gasteiger partial charge in [0.15, 0.2) is 0 Å². The monoisotopic (exact) mass is 248 g/mol. The van der Waals surface area contributed by atoms with Gasteiger partial charge in [0.2, 0.25) is 0 Å². The van der Waals surface area contributed by atoms with Crippen molar-refractivity contribution < 1.29 is 0 Å². The van der Waals surface area contributed by atoms with Crippen LogP contribution in [0.1, 0.15) is 30.9 Å². The first kappa shape index (κ1) is 11.1. The van der Waals surface area contributed by atoms with Gasteiger partial charge in [-0.05, 0) is 56.0 Å². The van der Waals surface area contributed by atoms with Crippen LogP contribution in [0, 0.1) is 0 Å². The highest BCUT2D eigenvalue weighted by atomic mass is 35.5. The maximum Gasteiger partial charge on any atom is 0.0486 e. The minimum Gasteiger partial charge on any atom is -0.344 e. The Labute approximate surface area is 106 Å². The van der Waals surface area contributed by atoms with Crippen molar-refractivity contribution >= 4 is 22.5 Å². The van der Waals surface area contributed by atoms with Gasteiger partial charge in [0.05, 0.1) is 0 Å². The molecule has 3 rings (SSSR count). The van der Waals surface area contributed by atoms with Gasteiger partial charge in [0, 0.05) is 28.2 Å². The molecular weight excluding hydrogens is 232 g/mol. The standard InChI is InChI=1S/C14H17ClN2/c15-11-3-6-14-13(8-11)10(2-1-7-16)9-17(14)12-4-5-12/h3,6,8-9,12H,1-2,4-5,7,16H2. The van der Waals surface area contributed by atoms with Gasteiger partial charge in [0.25, 0.3) is 0 Å². The molecule has 17 heavy (non-hydrogen) atoms. The summed E-state index contributed by atoms with van der Waals surface area (Å²) in [5, 5.41) is 2.12. The summed E-state index contributed by atoms with van der Waals surface area (Å²) in [5.74, 6) is 0. The van der Waals surface area contributed by atoms with Crippen molar-refractivity contribution in [2.75, 3.05) is 6.54 Å². The molecular formula is C14H17ClN2. The van der Waals surface area contributed by atoms with Crippen molar-refractivity contribution in [3.63, 3.8) is 0 Å². The number of fused-ring (bicyclic) bond motifs is 1. The third-order valence-corrected chi connectivity index (χ3v) is 3.70. The minimum atomic E-state index is 0.713. The zero-order valence-electron chi connectivity index (χ0n) is 9.82. The molecule has 0 aliphatic heterocycles. The summed E-state index contributed by atoms with van der Waals surface area (Å²) >= 11 is 6.10. The van der Waals surface area contributed by atoms with E-state index in [9.17, 15) is 0 Å². The Morgan fingerprint density at radius 1 is 1.35 bits per heavy atom. The zero-order chi connectivity index (χ0) is 11.8. The number of hydrogen-bond acceptors (Lipinski definition) is 1. The van der Waals surface area contributed by atoms with Crippen LogP contribution in [-0.2, 0) is 6.42 Å². The Kier molecular flexibility index (Phi) is 2.85. The zero-order valence-corrected chi connectivity index (χ0v) is 10.6. The van der Waals surface area contributed by atoms with Crippen molar-refractivity contribution in [2.24, 2.45) is 5.73 Å². The Morgan fingerprint density at radius 2 is 2.18 bits per heavy atom. The van der Waals surface area contributed by atoms with Gasteiger partial charge in [-0.15, -0.1) is 0 Å². The predicted octanol–water partition coefficient (Wildman–Crippen LogP) is 3.52. The molecule has 0 atom stereocenters. The largest absolute Gasteiger partial charge is 0.344 e. The second kappa shape index (κ2) is 4.35. The van der Waals surface area contributed by atoms with E-state index in [0.717, 1.165) is 24.4 Å². The van der Waals surface area contributed by atoms with Gasteiger partial charge >= 0.3 is 0 Å². The number of aryl methyl sites for hydroxylation is 1. The molecule has 1 aliphatic carbocycles. The quantitative estimate of drug-likeness (QED) is 0.882. The Bertz CT molecular complexity index is 540. The highest BCUT2D eigenvalue weighted by Crippen LogP contribution is 2.39. The van der Waals surface area contributed by atoms with Crippen LogP contribution in [0.15, 0.2) is 24.4 Å². The van der Waals surface area contributed by atoms with Crippen LogP contribution in [-0.4, -0.2) is 11.1 Å². The van der Waals surface area contributed by atoms with Crippen LogP contribution >= 0.6 is 11.6 Å². The number of rotatable bonds is 4. The fourth-order valence-electron chi connectivity index (χ4n) is 2.44. The Hall–Kier alpha value is -0.990. The van der Waals surface area contributed by atoms with Gasteiger partial charge in [0.1, 0.15) is 0 Å². The maximum absolute atomic E-state index is 6.10. The lowest BCUT2D eigenvalue weighted by Gasteiger charge is -2.01. The number of benzene rings is 1. The van der Waals surface area contributed by atoms with E-state index in [1.54, 1.807) is 0 Å². The number of nitrogens with zero attached hydrogens (tertiary/aromatic N) is 1. The van der Waals surface area contributed by atoms with Gasteiger partial charge in [-0.2, -0.15) is 0 Å². The van der Waals surface area contributed by atoms with Crippen LogP contribution in [0.3, 0.4) is 0 Å². The van der Waals surface area contributed by atoms with Crippen molar-refractivity contribution in [1.82, 2.24) is 4.57 Å². The molecule has 0 spiro atoms. The van der Waals surface area contributed by atoms with E-state index in [1.807, 2.05) is 6.07 Å². The van der Waals surface area contributed by atoms with E-state index >= 15 is 0 Å². The summed E-state index contributed by atoms with van der Waals surface area (Å²) in [6, 6.07) is 6.92. The molecule has 90 valence electrons. The summed E-state index contributed by atoms with van der Waals surface area (Å²) in [5.41, 5.74) is 8.31. The molecule has 2 nitrogen and oxygen atoms in total. The first-order valence-electron chi connectivity index (χ1n) is 6.28. The summed E-state index contributed by atoms with van der Waals surface area (Å²) in [4.78, 5) is 0. The second-order valence-electron chi connectivity index (χ2n) is 4.85. The molecule has 0 unspecified atom stereocenters. The van der Waals surface area contributed by atoms with Gasteiger partial charge < -0.3 is 10.3 Å². The lowest BCUT2D eigenvalue weighted by molar-refractivity contribution is 0.764. The molecule has 1 aromatic heterocycles. The van der Waals surface area contributed by atoms with E-state index in [0.29, 0.717) is 6.04 Å². The number of aromatic nitrogens is 1. The molecule has 0 amide bonds. The molecule has 1 fully saturated rings. The lowest BCUT2D eigenvalue weighted by atomic mass is 10.1. The van der Waals surface area contributed by atoms with Gasteiger partial charge in [-0.25, -0.2) is 0 Å². The van der Waals surface area contributed by atoms with Gasteiger partial charge in [-0.1, -0.05) is 11.6 Å². The Morgan fingerprint density at radius 3 is 2.88 bits per heavy atom. The lowest BCUT2D eigenvalue weighted by Crippen LogP contribution is -1.99. The van der Waals surface area contributed by atoms with Crippen LogP contribution < -0.4 is 5.73 Å². The normalized spacial score (nSPS) is 15.6. The van der Waals surface area contributed by atoms with Gasteiger partial charge in [-0.3, -0.25) is 0 Å². The third-order valence-electron chi connectivity index (χ3n) is 3.47. The van der Waals surface area contributed by atoms with Crippen LogP contribution in [0.2, 0.25) is 5.02 Å². The molecule has 1 aromatic carbocycles. The van der Waals surface area contributed by atoms with E-state index < -0.39 is 0 Å².